The minimum atomic E-state index is 0.362. The fraction of sp³-hybridized carbons (Fsp3) is 0.429. The van der Waals surface area contributed by atoms with Crippen LogP contribution in [0.4, 0.5) is 5.82 Å². The predicted molar refractivity (Wildman–Crippen MR) is 76.3 cm³/mol. The van der Waals surface area contributed by atoms with E-state index in [0.29, 0.717) is 11.5 Å². The highest BCUT2D eigenvalue weighted by molar-refractivity contribution is 5.48. The molecule has 6 heteroatoms. The van der Waals surface area contributed by atoms with Gasteiger partial charge in [-0.15, -0.1) is 0 Å². The Balaban J connectivity index is 1.94. The van der Waals surface area contributed by atoms with Gasteiger partial charge in [0.2, 0.25) is 0 Å². The third-order valence-electron chi connectivity index (χ3n) is 3.11. The Bertz CT molecular complexity index is 625. The van der Waals surface area contributed by atoms with Crippen LogP contribution in [-0.4, -0.2) is 33.3 Å². The van der Waals surface area contributed by atoms with E-state index in [1.807, 2.05) is 23.6 Å². The van der Waals surface area contributed by atoms with Crippen molar-refractivity contribution in [1.29, 1.82) is 5.26 Å². The van der Waals surface area contributed by atoms with Crippen LogP contribution in [0.25, 0.3) is 0 Å². The van der Waals surface area contributed by atoms with Gasteiger partial charge in [0.05, 0.1) is 5.69 Å². The van der Waals surface area contributed by atoms with Gasteiger partial charge in [-0.3, -0.25) is 4.68 Å². The molecule has 2 aromatic heterocycles. The molecule has 2 rings (SSSR count). The first kappa shape index (κ1) is 14.0. The van der Waals surface area contributed by atoms with Crippen LogP contribution in [0.5, 0.6) is 0 Å². The van der Waals surface area contributed by atoms with Gasteiger partial charge in [-0.2, -0.15) is 10.4 Å². The summed E-state index contributed by atoms with van der Waals surface area (Å²) in [5.74, 6) is 0.628. The van der Waals surface area contributed by atoms with Gasteiger partial charge in [0, 0.05) is 38.2 Å². The van der Waals surface area contributed by atoms with Crippen LogP contribution in [0, 0.1) is 25.2 Å². The summed E-state index contributed by atoms with van der Waals surface area (Å²) in [6.07, 6.45) is 4.07. The minimum absolute atomic E-state index is 0.362. The molecule has 6 nitrogen and oxygen atoms in total. The van der Waals surface area contributed by atoms with Crippen molar-refractivity contribution in [2.75, 3.05) is 18.5 Å². The molecule has 0 amide bonds. The fourth-order valence-corrected chi connectivity index (χ4v) is 2.15. The normalized spacial score (nSPS) is 10.3. The Hall–Kier alpha value is -2.42. The zero-order chi connectivity index (χ0) is 14.5. The third-order valence-corrected chi connectivity index (χ3v) is 3.11. The van der Waals surface area contributed by atoms with E-state index in [4.69, 9.17) is 5.26 Å². The van der Waals surface area contributed by atoms with Crippen molar-refractivity contribution in [1.82, 2.24) is 19.7 Å². The summed E-state index contributed by atoms with van der Waals surface area (Å²) >= 11 is 0. The zero-order valence-corrected chi connectivity index (χ0v) is 12.0. The number of nitriles is 1. The van der Waals surface area contributed by atoms with E-state index in [9.17, 15) is 0 Å². The monoisotopic (exact) mass is 270 g/mol. The number of hydrogen-bond donors (Lipinski definition) is 0. The minimum Gasteiger partial charge on any atom is -0.357 e. The molecular weight excluding hydrogens is 252 g/mol. The first-order valence-corrected chi connectivity index (χ1v) is 6.55. The molecule has 0 saturated heterocycles. The third kappa shape index (κ3) is 3.12. The summed E-state index contributed by atoms with van der Waals surface area (Å²) < 4.78 is 2.01. The smallest absolute Gasteiger partial charge is 0.183 e. The average molecular weight is 270 g/mol. The predicted octanol–water partition coefficient (Wildman–Crippen LogP) is 1.69. The van der Waals surface area contributed by atoms with Crippen LogP contribution < -0.4 is 4.90 Å². The highest BCUT2D eigenvalue weighted by atomic mass is 15.3. The molecule has 0 spiro atoms. The molecule has 0 bridgehead atoms. The summed E-state index contributed by atoms with van der Waals surface area (Å²) in [5, 5.41) is 13.4. The van der Waals surface area contributed by atoms with E-state index >= 15 is 0 Å². The van der Waals surface area contributed by atoms with Crippen molar-refractivity contribution in [3.05, 3.63) is 35.5 Å². The standard InChI is InChI=1S/C14H18N6/c1-11-9-12(2)20(18-11)8-4-7-19(3)14-13(10-15)16-5-6-17-14/h5-6,9H,4,7-8H2,1-3H3. The molecule has 0 atom stereocenters. The number of anilines is 1. The van der Waals surface area contributed by atoms with E-state index in [2.05, 4.69) is 34.1 Å². The lowest BCUT2D eigenvalue weighted by molar-refractivity contribution is 0.561. The molecule has 0 aliphatic heterocycles. The van der Waals surface area contributed by atoms with Crippen LogP contribution in [0.3, 0.4) is 0 Å². The van der Waals surface area contributed by atoms with Gasteiger partial charge < -0.3 is 4.90 Å². The molecule has 0 saturated carbocycles. The van der Waals surface area contributed by atoms with Crippen LogP contribution in [0.2, 0.25) is 0 Å². The maximum absolute atomic E-state index is 9.02. The Labute approximate surface area is 118 Å². The van der Waals surface area contributed by atoms with Crippen LogP contribution in [0.1, 0.15) is 23.5 Å². The summed E-state index contributed by atoms with van der Waals surface area (Å²) in [4.78, 5) is 10.2. The second-order valence-electron chi connectivity index (χ2n) is 4.77. The Morgan fingerprint density at radius 1 is 1.30 bits per heavy atom. The topological polar surface area (TPSA) is 70.6 Å². The molecule has 2 heterocycles. The second-order valence-corrected chi connectivity index (χ2v) is 4.77. The van der Waals surface area contributed by atoms with Gasteiger partial charge in [0.1, 0.15) is 6.07 Å². The Morgan fingerprint density at radius 3 is 2.70 bits per heavy atom. The van der Waals surface area contributed by atoms with E-state index in [1.54, 1.807) is 6.20 Å². The lowest BCUT2D eigenvalue weighted by Gasteiger charge is -2.18. The molecule has 104 valence electrons. The summed E-state index contributed by atoms with van der Waals surface area (Å²) in [7, 11) is 1.92. The van der Waals surface area contributed by atoms with E-state index < -0.39 is 0 Å². The van der Waals surface area contributed by atoms with E-state index in [0.717, 1.165) is 25.2 Å². The van der Waals surface area contributed by atoms with Crippen molar-refractivity contribution in [2.24, 2.45) is 0 Å². The van der Waals surface area contributed by atoms with Gasteiger partial charge in [-0.1, -0.05) is 0 Å². The van der Waals surface area contributed by atoms with E-state index in [-0.39, 0.29) is 0 Å². The number of aromatic nitrogens is 4. The van der Waals surface area contributed by atoms with Crippen LogP contribution >= 0.6 is 0 Å². The van der Waals surface area contributed by atoms with Crippen molar-refractivity contribution in [3.63, 3.8) is 0 Å². The van der Waals surface area contributed by atoms with Gasteiger partial charge in [0.25, 0.3) is 0 Å². The van der Waals surface area contributed by atoms with Crippen molar-refractivity contribution < 1.29 is 0 Å². The number of rotatable bonds is 5. The highest BCUT2D eigenvalue weighted by Crippen LogP contribution is 2.12. The van der Waals surface area contributed by atoms with Crippen molar-refractivity contribution in [2.45, 2.75) is 26.8 Å². The molecule has 0 radical (unpaired) electrons. The molecule has 0 aliphatic carbocycles. The molecule has 0 aliphatic rings. The quantitative estimate of drug-likeness (QED) is 0.826. The molecule has 20 heavy (non-hydrogen) atoms. The molecule has 0 aromatic carbocycles. The summed E-state index contributed by atoms with van der Waals surface area (Å²) in [6.45, 7) is 5.70. The SMILES string of the molecule is Cc1cc(C)n(CCCN(C)c2nccnc2C#N)n1. The van der Waals surface area contributed by atoms with Gasteiger partial charge in [-0.25, -0.2) is 9.97 Å². The van der Waals surface area contributed by atoms with Gasteiger partial charge >= 0.3 is 0 Å². The van der Waals surface area contributed by atoms with Gasteiger partial charge in [0.15, 0.2) is 11.5 Å². The van der Waals surface area contributed by atoms with Crippen molar-refractivity contribution >= 4 is 5.82 Å². The van der Waals surface area contributed by atoms with Gasteiger partial charge in [-0.05, 0) is 26.3 Å². The molecule has 0 fully saturated rings. The summed E-state index contributed by atoms with van der Waals surface area (Å²) in [6, 6.07) is 4.13. The second kappa shape index (κ2) is 6.15. The maximum Gasteiger partial charge on any atom is 0.183 e. The highest BCUT2D eigenvalue weighted by Gasteiger charge is 2.09. The number of hydrogen-bond acceptors (Lipinski definition) is 5. The average Bonchev–Trinajstić information content (AvgIpc) is 2.77. The lowest BCUT2D eigenvalue weighted by Crippen LogP contribution is -2.22. The Kier molecular flexibility index (Phi) is 4.31. The fourth-order valence-electron chi connectivity index (χ4n) is 2.15. The first-order valence-electron chi connectivity index (χ1n) is 6.55. The first-order chi connectivity index (χ1) is 9.61. The van der Waals surface area contributed by atoms with Crippen LogP contribution in [0.15, 0.2) is 18.5 Å². The number of nitrogens with zero attached hydrogens (tertiary/aromatic N) is 6. The van der Waals surface area contributed by atoms with Crippen LogP contribution in [-0.2, 0) is 6.54 Å². The maximum atomic E-state index is 9.02. The molecular formula is C14H18N6. The van der Waals surface area contributed by atoms with Crippen molar-refractivity contribution in [3.8, 4) is 6.07 Å². The van der Waals surface area contributed by atoms with E-state index in [1.165, 1.54) is 11.9 Å². The molecule has 2 aromatic rings. The Morgan fingerprint density at radius 2 is 2.05 bits per heavy atom. The largest absolute Gasteiger partial charge is 0.357 e. The number of aryl methyl sites for hydroxylation is 3. The molecule has 0 N–H and O–H groups in total. The zero-order valence-electron chi connectivity index (χ0n) is 12.0. The molecule has 0 unspecified atom stereocenters. The lowest BCUT2D eigenvalue weighted by atomic mass is 10.3. The summed E-state index contributed by atoms with van der Waals surface area (Å²) in [5.41, 5.74) is 2.57.